The zero-order valence-corrected chi connectivity index (χ0v) is 26.9. The van der Waals surface area contributed by atoms with Crippen LogP contribution in [-0.4, -0.2) is 51.6 Å². The molecule has 2 rings (SSSR count). The van der Waals surface area contributed by atoms with E-state index >= 15 is 0 Å². The van der Waals surface area contributed by atoms with Gasteiger partial charge in [-0.1, -0.05) is 71.6 Å². The summed E-state index contributed by atoms with van der Waals surface area (Å²) in [4.78, 5) is 43.4. The Kier molecular flexibility index (Phi) is 13.0. The minimum absolute atomic E-state index is 0.00495. The second kappa shape index (κ2) is 15.5. The van der Waals surface area contributed by atoms with Crippen LogP contribution in [0, 0.1) is 18.8 Å². The molecule has 0 bridgehead atoms. The number of phenols is 1. The van der Waals surface area contributed by atoms with Crippen LogP contribution in [-0.2, 0) is 14.3 Å². The van der Waals surface area contributed by atoms with E-state index in [4.69, 9.17) is 4.74 Å². The first-order valence-electron chi connectivity index (χ1n) is 15.6. The lowest BCUT2D eigenvalue weighted by molar-refractivity contribution is -0.146. The summed E-state index contributed by atoms with van der Waals surface area (Å²) in [5.74, 6) is -0.469. The monoisotopic (exact) mass is 573 g/mol. The van der Waals surface area contributed by atoms with Crippen LogP contribution in [0.2, 0.25) is 0 Å². The lowest BCUT2D eigenvalue weighted by Gasteiger charge is -2.40. The van der Waals surface area contributed by atoms with Gasteiger partial charge in [-0.25, -0.2) is 4.79 Å². The van der Waals surface area contributed by atoms with Crippen molar-refractivity contribution in [2.24, 2.45) is 11.8 Å². The van der Waals surface area contributed by atoms with E-state index in [-0.39, 0.29) is 35.6 Å². The number of benzene rings is 1. The van der Waals surface area contributed by atoms with Gasteiger partial charge in [-0.3, -0.25) is 9.59 Å². The summed E-state index contributed by atoms with van der Waals surface area (Å²) in [6.45, 7) is 17.2. The van der Waals surface area contributed by atoms with Crippen molar-refractivity contribution in [1.82, 2.24) is 15.5 Å². The topological polar surface area (TPSA) is 108 Å². The molecule has 1 aliphatic rings. The van der Waals surface area contributed by atoms with E-state index in [0.717, 1.165) is 38.5 Å². The van der Waals surface area contributed by atoms with E-state index < -0.39 is 23.8 Å². The molecule has 8 nitrogen and oxygen atoms in total. The Hall–Kier alpha value is -2.77. The molecule has 1 saturated carbocycles. The summed E-state index contributed by atoms with van der Waals surface area (Å²) >= 11 is 0. The molecule has 1 aromatic rings. The number of amides is 3. The Balaban J connectivity index is 2.63. The van der Waals surface area contributed by atoms with Crippen LogP contribution in [0.4, 0.5) is 4.79 Å². The minimum atomic E-state index is -1.06. The predicted octanol–water partition coefficient (Wildman–Crippen LogP) is 6.78. The summed E-state index contributed by atoms with van der Waals surface area (Å²) in [6, 6.07) is 3.04. The highest BCUT2D eigenvalue weighted by Crippen LogP contribution is 2.35. The second-order valence-electron chi connectivity index (χ2n) is 13.3. The third-order valence-corrected chi connectivity index (χ3v) is 8.08. The molecule has 41 heavy (non-hydrogen) atoms. The van der Waals surface area contributed by atoms with E-state index in [9.17, 15) is 19.5 Å². The molecule has 1 aromatic carbocycles. The van der Waals surface area contributed by atoms with E-state index in [1.54, 1.807) is 50.8 Å². The number of nitrogens with zero attached hydrogens (tertiary/aromatic N) is 1. The lowest BCUT2D eigenvalue weighted by Crippen LogP contribution is -2.58. The zero-order valence-electron chi connectivity index (χ0n) is 26.9. The Morgan fingerprint density at radius 2 is 1.68 bits per heavy atom. The standard InChI is InChI=1S/C33H55N3O5/c1-10-22(4)27(35-32(40)41-33(7,8)9)31(39)36(24(6)20-19-21(2)3)28(26-18-14-15-23(5)29(26)37)30(38)34-25-16-12-11-13-17-25/h14-15,18,21-22,24-25,27-28,37H,10-13,16-17,19-20H2,1-9H3,(H,34,38)(H,35,40). The van der Waals surface area contributed by atoms with E-state index in [0.29, 0.717) is 29.9 Å². The quantitative estimate of drug-likeness (QED) is 0.255. The van der Waals surface area contributed by atoms with Gasteiger partial charge in [0.2, 0.25) is 11.8 Å². The average molecular weight is 574 g/mol. The molecule has 0 aliphatic heterocycles. The number of ether oxygens (including phenoxy) is 1. The van der Waals surface area contributed by atoms with Crippen molar-refractivity contribution in [2.75, 3.05) is 0 Å². The van der Waals surface area contributed by atoms with Gasteiger partial charge in [0.15, 0.2) is 0 Å². The normalized spacial score (nSPS) is 17.3. The molecule has 232 valence electrons. The molecule has 0 spiro atoms. The smallest absolute Gasteiger partial charge is 0.408 e. The fourth-order valence-electron chi connectivity index (χ4n) is 5.44. The Labute approximate surface area is 248 Å². The van der Waals surface area contributed by atoms with Gasteiger partial charge in [-0.05, 0) is 77.7 Å². The van der Waals surface area contributed by atoms with Crippen LogP contribution in [0.25, 0.3) is 0 Å². The van der Waals surface area contributed by atoms with Gasteiger partial charge in [0.25, 0.3) is 0 Å². The molecule has 0 aromatic heterocycles. The molecule has 4 unspecified atom stereocenters. The van der Waals surface area contributed by atoms with Gasteiger partial charge in [0.1, 0.15) is 23.4 Å². The van der Waals surface area contributed by atoms with Crippen molar-refractivity contribution in [3.63, 3.8) is 0 Å². The van der Waals surface area contributed by atoms with Gasteiger partial charge >= 0.3 is 6.09 Å². The number of aryl methyl sites for hydroxylation is 1. The van der Waals surface area contributed by atoms with Crippen LogP contribution < -0.4 is 10.6 Å². The predicted molar refractivity (Wildman–Crippen MR) is 164 cm³/mol. The van der Waals surface area contributed by atoms with Crippen LogP contribution in [0.5, 0.6) is 5.75 Å². The van der Waals surface area contributed by atoms with Crippen LogP contribution >= 0.6 is 0 Å². The van der Waals surface area contributed by atoms with Crippen LogP contribution in [0.15, 0.2) is 18.2 Å². The molecule has 1 aliphatic carbocycles. The SMILES string of the molecule is CCC(C)C(NC(=O)OC(C)(C)C)C(=O)N(C(C)CCC(C)C)C(C(=O)NC1CCCCC1)c1cccc(C)c1O. The molecule has 4 atom stereocenters. The van der Waals surface area contributed by atoms with Gasteiger partial charge in [0, 0.05) is 17.6 Å². The summed E-state index contributed by atoms with van der Waals surface area (Å²) in [5, 5.41) is 17.3. The Bertz CT molecular complexity index is 1010. The first-order chi connectivity index (χ1) is 19.2. The van der Waals surface area contributed by atoms with Crippen LogP contribution in [0.1, 0.15) is 124 Å². The van der Waals surface area contributed by atoms with E-state index in [1.807, 2.05) is 20.8 Å². The maximum Gasteiger partial charge on any atom is 0.408 e. The Morgan fingerprint density at radius 3 is 2.24 bits per heavy atom. The van der Waals surface area contributed by atoms with E-state index in [2.05, 4.69) is 24.5 Å². The van der Waals surface area contributed by atoms with Crippen LogP contribution in [0.3, 0.4) is 0 Å². The number of hydrogen-bond donors (Lipinski definition) is 3. The molecule has 8 heteroatoms. The van der Waals surface area contributed by atoms with Gasteiger partial charge in [-0.15, -0.1) is 0 Å². The Morgan fingerprint density at radius 1 is 1.05 bits per heavy atom. The van der Waals surface area contributed by atoms with E-state index in [1.165, 1.54) is 0 Å². The maximum absolute atomic E-state index is 14.6. The third kappa shape index (κ3) is 10.2. The highest BCUT2D eigenvalue weighted by atomic mass is 16.6. The summed E-state index contributed by atoms with van der Waals surface area (Å²) in [6.07, 6.45) is 6.53. The molecule has 0 radical (unpaired) electrons. The molecule has 3 amide bonds. The number of nitrogens with one attached hydrogen (secondary N) is 2. The largest absolute Gasteiger partial charge is 0.507 e. The van der Waals surface area contributed by atoms with Gasteiger partial charge < -0.3 is 25.4 Å². The first-order valence-corrected chi connectivity index (χ1v) is 15.6. The van der Waals surface area contributed by atoms with Crippen molar-refractivity contribution in [3.05, 3.63) is 29.3 Å². The first kappa shape index (κ1) is 34.4. The van der Waals surface area contributed by atoms with Crippen molar-refractivity contribution in [1.29, 1.82) is 0 Å². The van der Waals surface area contributed by atoms with Crippen molar-refractivity contribution < 1.29 is 24.2 Å². The molecular weight excluding hydrogens is 518 g/mol. The number of phenolic OH excluding ortho intramolecular Hbond substituents is 1. The van der Waals surface area contributed by atoms with Crippen molar-refractivity contribution in [2.45, 2.75) is 143 Å². The van der Waals surface area contributed by atoms with Gasteiger partial charge in [-0.2, -0.15) is 0 Å². The number of carbonyl (C=O) groups is 3. The molecule has 0 heterocycles. The van der Waals surface area contributed by atoms with Crippen molar-refractivity contribution in [3.8, 4) is 5.75 Å². The summed E-state index contributed by atoms with van der Waals surface area (Å²) < 4.78 is 5.52. The fourth-order valence-corrected chi connectivity index (χ4v) is 5.44. The number of aromatic hydroxyl groups is 1. The number of rotatable bonds is 12. The second-order valence-corrected chi connectivity index (χ2v) is 13.3. The molecular formula is C33H55N3O5. The number of hydrogen-bond acceptors (Lipinski definition) is 5. The number of para-hydroxylation sites is 1. The van der Waals surface area contributed by atoms with Gasteiger partial charge in [0.05, 0.1) is 0 Å². The summed E-state index contributed by atoms with van der Waals surface area (Å²) in [7, 11) is 0. The highest BCUT2D eigenvalue weighted by molar-refractivity contribution is 5.93. The molecule has 3 N–H and O–H groups in total. The molecule has 0 saturated heterocycles. The van der Waals surface area contributed by atoms with Crippen molar-refractivity contribution >= 4 is 17.9 Å². The average Bonchev–Trinajstić information content (AvgIpc) is 2.89. The lowest BCUT2D eigenvalue weighted by atomic mass is 9.91. The third-order valence-electron chi connectivity index (χ3n) is 8.08. The molecule has 1 fully saturated rings. The maximum atomic E-state index is 14.6. The highest BCUT2D eigenvalue weighted by Gasteiger charge is 2.42. The minimum Gasteiger partial charge on any atom is -0.507 e. The fraction of sp³-hybridized carbons (Fsp3) is 0.727. The number of alkyl carbamates (subject to hydrolysis) is 1. The zero-order chi connectivity index (χ0) is 30.9. The number of carbonyl (C=O) groups excluding carboxylic acids is 3. The summed E-state index contributed by atoms with van der Waals surface area (Å²) in [5.41, 5.74) is 0.293.